The predicted octanol–water partition coefficient (Wildman–Crippen LogP) is 3.93. The Balaban J connectivity index is 0.00000370. The van der Waals surface area contributed by atoms with Gasteiger partial charge in [0.1, 0.15) is 24.4 Å². The monoisotopic (exact) mass is 630 g/mol. The highest BCUT2D eigenvalue weighted by Gasteiger charge is 2.54. The van der Waals surface area contributed by atoms with Crippen LogP contribution in [-0.2, 0) is 18.9 Å². The summed E-state index contributed by atoms with van der Waals surface area (Å²) in [5, 5.41) is 12.5. The van der Waals surface area contributed by atoms with Gasteiger partial charge >= 0.3 is 12.4 Å². The Hall–Kier alpha value is -2.63. The topological polar surface area (TPSA) is 42.4 Å². The molecule has 3 aliphatic rings. The average molecular weight is 631 g/mol. The predicted molar refractivity (Wildman–Crippen MR) is 134 cm³/mol. The molecule has 6 rings (SSSR count). The lowest BCUT2D eigenvalue weighted by Gasteiger charge is -2.58. The Labute approximate surface area is 238 Å². The highest BCUT2D eigenvalue weighted by Crippen LogP contribution is 2.48. The molecule has 1 N–H and O–H groups in total. The molecule has 3 saturated heterocycles. The van der Waals surface area contributed by atoms with E-state index in [4.69, 9.17) is 4.74 Å². The van der Waals surface area contributed by atoms with Crippen LogP contribution in [0.4, 0.5) is 26.3 Å². The summed E-state index contributed by atoms with van der Waals surface area (Å²) in [7, 11) is 1.53. The molecule has 0 radical (unpaired) electrons. The number of methoxy groups -OCH3 is 1. The second-order valence-corrected chi connectivity index (χ2v) is 10.7. The molecule has 2 aromatic carbocycles. The van der Waals surface area contributed by atoms with Crippen LogP contribution < -0.4 is 21.7 Å². The third-order valence-corrected chi connectivity index (χ3v) is 8.49. The van der Waals surface area contributed by atoms with Crippen molar-refractivity contribution in [2.45, 2.75) is 43.9 Å². The van der Waals surface area contributed by atoms with Gasteiger partial charge in [-0.3, -0.25) is 4.98 Å². The van der Waals surface area contributed by atoms with Crippen LogP contribution in [0.5, 0.6) is 5.75 Å². The third kappa shape index (κ3) is 5.60. The minimum Gasteiger partial charge on any atom is -1.00 e. The van der Waals surface area contributed by atoms with Crippen LogP contribution >= 0.6 is 0 Å². The molecule has 4 nitrogen and oxygen atoms in total. The zero-order chi connectivity index (χ0) is 28.2. The number of nitrogens with zero attached hydrogens (tertiary/aromatic N) is 2. The van der Waals surface area contributed by atoms with Crippen LogP contribution in [0.1, 0.15) is 41.2 Å². The van der Waals surface area contributed by atoms with Gasteiger partial charge in [0.05, 0.1) is 36.8 Å². The number of aromatic nitrogens is 1. The van der Waals surface area contributed by atoms with Crippen molar-refractivity contribution < 1.29 is 57.7 Å². The number of halogens is 7. The molecule has 1 aromatic heterocycles. The summed E-state index contributed by atoms with van der Waals surface area (Å²) in [6, 6.07) is 8.34. The minimum atomic E-state index is -4.93. The first-order chi connectivity index (χ1) is 18.3. The van der Waals surface area contributed by atoms with E-state index in [-0.39, 0.29) is 51.5 Å². The van der Waals surface area contributed by atoms with Crippen molar-refractivity contribution in [1.29, 1.82) is 0 Å². The maximum atomic E-state index is 13.6. The van der Waals surface area contributed by atoms with E-state index in [1.54, 1.807) is 30.5 Å². The Bertz CT molecular complexity index is 1360. The molecule has 0 aliphatic carbocycles. The normalized spacial score (nSPS) is 25.4. The molecular formula is C29H29BrF6N2O2. The quantitative estimate of drug-likeness (QED) is 0.255. The molecule has 11 heteroatoms. The van der Waals surface area contributed by atoms with Crippen molar-refractivity contribution >= 4 is 10.9 Å². The molecule has 5 atom stereocenters. The van der Waals surface area contributed by atoms with E-state index in [2.05, 4.69) is 11.6 Å². The van der Waals surface area contributed by atoms with Gasteiger partial charge in [-0.1, -0.05) is 6.08 Å². The van der Waals surface area contributed by atoms with Crippen molar-refractivity contribution in [2.75, 3.05) is 20.2 Å². The van der Waals surface area contributed by atoms with Crippen LogP contribution in [-0.4, -0.2) is 40.8 Å². The molecule has 0 spiro atoms. The lowest BCUT2D eigenvalue weighted by molar-refractivity contribution is -0.984. The third-order valence-electron chi connectivity index (χ3n) is 8.49. The molecule has 0 amide bonds. The number of aliphatic hydroxyl groups is 1. The summed E-state index contributed by atoms with van der Waals surface area (Å²) in [5.41, 5.74) is -1.47. The first-order valence-electron chi connectivity index (χ1n) is 12.7. The summed E-state index contributed by atoms with van der Waals surface area (Å²) in [6.45, 7) is 4.86. The number of rotatable bonds is 6. The van der Waals surface area contributed by atoms with Crippen molar-refractivity contribution in [1.82, 2.24) is 4.98 Å². The van der Waals surface area contributed by atoms with Gasteiger partial charge in [-0.25, -0.2) is 0 Å². The van der Waals surface area contributed by atoms with E-state index < -0.39 is 35.6 Å². The molecule has 3 aromatic rings. The zero-order valence-corrected chi connectivity index (χ0v) is 23.2. The van der Waals surface area contributed by atoms with Crippen LogP contribution in [0.25, 0.3) is 10.9 Å². The summed E-state index contributed by atoms with van der Waals surface area (Å²) < 4.78 is 87.2. The summed E-state index contributed by atoms with van der Waals surface area (Å²) in [4.78, 5) is 4.37. The van der Waals surface area contributed by atoms with Crippen LogP contribution in [0.15, 0.2) is 61.3 Å². The van der Waals surface area contributed by atoms with Crippen molar-refractivity contribution in [3.63, 3.8) is 0 Å². The van der Waals surface area contributed by atoms with E-state index in [9.17, 15) is 31.4 Å². The molecule has 4 heterocycles. The molecule has 0 saturated carbocycles. The Morgan fingerprint density at radius 1 is 1.07 bits per heavy atom. The van der Waals surface area contributed by atoms with Gasteiger partial charge in [0.2, 0.25) is 0 Å². The first kappa shape index (κ1) is 30.3. The SMILES string of the molecule is C=CC1C[N+]2(Cc3cc(C(F)(F)F)cc(C(F)(F)F)c3)CCC1CC2[C@H](O)c1ccnc2ccc(OC)cc12.[Br-]. The van der Waals surface area contributed by atoms with E-state index in [0.717, 1.165) is 18.6 Å². The Morgan fingerprint density at radius 2 is 1.75 bits per heavy atom. The first-order valence-corrected chi connectivity index (χ1v) is 12.7. The molecule has 4 unspecified atom stereocenters. The summed E-state index contributed by atoms with van der Waals surface area (Å²) in [5.74, 6) is 0.843. The van der Waals surface area contributed by atoms with E-state index in [0.29, 0.717) is 41.7 Å². The number of hydrogen-bond acceptors (Lipinski definition) is 3. The fourth-order valence-electron chi connectivity index (χ4n) is 6.59. The lowest BCUT2D eigenvalue weighted by atomic mass is 9.71. The van der Waals surface area contributed by atoms with Crippen molar-refractivity contribution in [3.05, 3.63) is 83.6 Å². The Kier molecular flexibility index (Phi) is 8.33. The van der Waals surface area contributed by atoms with Crippen LogP contribution in [0.2, 0.25) is 0 Å². The lowest BCUT2D eigenvalue weighted by Crippen LogP contribution is -3.00. The number of fused-ring (bicyclic) bond motifs is 4. The fourth-order valence-corrected chi connectivity index (χ4v) is 6.59. The maximum Gasteiger partial charge on any atom is 0.416 e. The van der Waals surface area contributed by atoms with Crippen LogP contribution in [0.3, 0.4) is 0 Å². The average Bonchev–Trinajstić information content (AvgIpc) is 2.90. The largest absolute Gasteiger partial charge is 1.00 e. The van der Waals surface area contributed by atoms with Crippen molar-refractivity contribution in [3.8, 4) is 5.75 Å². The summed E-state index contributed by atoms with van der Waals surface area (Å²) >= 11 is 0. The molecule has 3 aliphatic heterocycles. The minimum absolute atomic E-state index is 0. The smallest absolute Gasteiger partial charge is 0.416 e. The highest BCUT2D eigenvalue weighted by molar-refractivity contribution is 5.83. The molecular weight excluding hydrogens is 602 g/mol. The number of aliphatic hydroxyl groups excluding tert-OH is 1. The number of ether oxygens (including phenoxy) is 1. The van der Waals surface area contributed by atoms with Gasteiger partial charge in [-0.15, -0.1) is 6.58 Å². The Morgan fingerprint density at radius 3 is 2.35 bits per heavy atom. The summed E-state index contributed by atoms with van der Waals surface area (Å²) in [6.07, 6.45) is -6.16. The second kappa shape index (κ2) is 11.0. The number of alkyl halides is 6. The molecule has 40 heavy (non-hydrogen) atoms. The van der Waals surface area contributed by atoms with Gasteiger partial charge in [0.25, 0.3) is 0 Å². The highest BCUT2D eigenvalue weighted by atomic mass is 79.9. The van der Waals surface area contributed by atoms with Gasteiger partial charge in [0.15, 0.2) is 0 Å². The maximum absolute atomic E-state index is 13.6. The van der Waals surface area contributed by atoms with Gasteiger partial charge in [-0.05, 0) is 53.9 Å². The van der Waals surface area contributed by atoms with Gasteiger partial charge in [0, 0.05) is 35.9 Å². The van der Waals surface area contributed by atoms with E-state index >= 15 is 0 Å². The fraction of sp³-hybridized carbons (Fsp3) is 0.414. The van der Waals surface area contributed by atoms with E-state index in [1.807, 2.05) is 6.08 Å². The van der Waals surface area contributed by atoms with E-state index in [1.165, 1.54) is 7.11 Å². The molecule has 3 fully saturated rings. The van der Waals surface area contributed by atoms with Gasteiger partial charge < -0.3 is 31.3 Å². The van der Waals surface area contributed by atoms with Crippen LogP contribution in [0, 0.1) is 11.8 Å². The second-order valence-electron chi connectivity index (χ2n) is 10.7. The number of pyridine rings is 1. The zero-order valence-electron chi connectivity index (χ0n) is 21.6. The number of benzene rings is 2. The van der Waals surface area contributed by atoms with Crippen molar-refractivity contribution in [2.24, 2.45) is 11.8 Å². The van der Waals surface area contributed by atoms with Gasteiger partial charge in [-0.2, -0.15) is 26.3 Å². The number of piperidine rings is 3. The standard InChI is InChI=1S/C29H29F6N2O2.BrH/c1-3-18-16-37(15-17-10-20(28(30,31)32)13-21(11-17)29(33,34)35)9-7-19(18)12-26(37)27(38)23-6-8-36-25-5-4-22(39-2)14-24(23)25;/h3-6,8,10-11,13-14,18-19,26-27,38H,1,7,9,12,15-16H2,2H3;1H/q+1;/p-1/t18?,19?,26?,27-,37?;/m1./s1. The number of hydrogen-bond donors (Lipinski definition) is 1. The molecule has 216 valence electrons. The number of quaternary nitrogens is 1. The molecule has 2 bridgehead atoms.